The monoisotopic (exact) mass is 502 g/mol. The highest BCUT2D eigenvalue weighted by Gasteiger charge is 2.42. The van der Waals surface area contributed by atoms with Crippen molar-refractivity contribution >= 4 is 6.08 Å². The standard InChI is InChI=1S/C35H26N4/c1-4-15-29(16-5-1)35(30-17-6-2-7-18-30,31-19-8-3-9-20-31)39-34(36-37-38-39)33-22-11-10-21-32(33)28-24-23-26-13-12-14-27(26)25-28/h1-12,14-25H,13H2. The van der Waals surface area contributed by atoms with Gasteiger partial charge in [-0.3, -0.25) is 0 Å². The van der Waals surface area contributed by atoms with Crippen molar-refractivity contribution in [2.24, 2.45) is 0 Å². The molecule has 5 aromatic carbocycles. The molecule has 1 heterocycles. The number of rotatable bonds is 6. The number of hydrogen-bond donors (Lipinski definition) is 0. The Kier molecular flexibility index (Phi) is 5.71. The molecule has 1 aliphatic rings. The number of hydrogen-bond acceptors (Lipinski definition) is 3. The third kappa shape index (κ3) is 3.80. The lowest BCUT2D eigenvalue weighted by Crippen LogP contribution is -2.39. The lowest BCUT2D eigenvalue weighted by molar-refractivity contribution is 0.451. The van der Waals surface area contributed by atoms with Crippen molar-refractivity contribution < 1.29 is 0 Å². The predicted octanol–water partition coefficient (Wildman–Crippen LogP) is 7.42. The summed E-state index contributed by atoms with van der Waals surface area (Å²) in [6.07, 6.45) is 5.41. The molecule has 0 fully saturated rings. The van der Waals surface area contributed by atoms with Gasteiger partial charge in [0.2, 0.25) is 0 Å². The Morgan fingerprint density at radius 1 is 0.590 bits per heavy atom. The summed E-state index contributed by atoms with van der Waals surface area (Å²) in [7, 11) is 0. The van der Waals surface area contributed by atoms with E-state index in [0.717, 1.165) is 39.8 Å². The van der Waals surface area contributed by atoms with Crippen molar-refractivity contribution in [2.75, 3.05) is 0 Å². The molecule has 1 aliphatic carbocycles. The molecule has 0 amide bonds. The van der Waals surface area contributed by atoms with E-state index in [1.807, 2.05) is 22.9 Å². The highest BCUT2D eigenvalue weighted by molar-refractivity contribution is 5.82. The number of allylic oxidation sites excluding steroid dienone is 1. The summed E-state index contributed by atoms with van der Waals surface area (Å²) >= 11 is 0. The van der Waals surface area contributed by atoms with Gasteiger partial charge in [-0.1, -0.05) is 140 Å². The second-order valence-electron chi connectivity index (χ2n) is 9.79. The Labute approximate surface area is 227 Å². The maximum atomic E-state index is 4.73. The largest absolute Gasteiger partial charge is 0.205 e. The Balaban J connectivity index is 1.52. The van der Waals surface area contributed by atoms with Gasteiger partial charge in [-0.2, -0.15) is 0 Å². The lowest BCUT2D eigenvalue weighted by atomic mass is 9.77. The summed E-state index contributed by atoms with van der Waals surface area (Å²) in [4.78, 5) is 0. The number of benzene rings is 5. The normalized spacial score (nSPS) is 12.4. The first-order valence-corrected chi connectivity index (χ1v) is 13.2. The molecule has 0 spiro atoms. The maximum absolute atomic E-state index is 4.73. The minimum atomic E-state index is -0.795. The summed E-state index contributed by atoms with van der Waals surface area (Å²) in [6, 6.07) is 46.6. The summed E-state index contributed by atoms with van der Waals surface area (Å²) in [5.74, 6) is 0.707. The third-order valence-corrected chi connectivity index (χ3v) is 7.62. The van der Waals surface area contributed by atoms with Crippen LogP contribution in [0.25, 0.3) is 28.6 Å². The van der Waals surface area contributed by atoms with Crippen molar-refractivity contribution in [2.45, 2.75) is 12.0 Å². The third-order valence-electron chi connectivity index (χ3n) is 7.62. The summed E-state index contributed by atoms with van der Waals surface area (Å²) in [5, 5.41) is 13.7. The molecule has 0 saturated heterocycles. The van der Waals surface area contributed by atoms with Crippen LogP contribution in [0.15, 0.2) is 140 Å². The number of aromatic nitrogens is 4. The molecular weight excluding hydrogens is 476 g/mol. The van der Waals surface area contributed by atoms with E-state index >= 15 is 0 Å². The summed E-state index contributed by atoms with van der Waals surface area (Å²) in [6.45, 7) is 0. The topological polar surface area (TPSA) is 43.6 Å². The Hall–Kier alpha value is -5.09. The predicted molar refractivity (Wildman–Crippen MR) is 156 cm³/mol. The average Bonchev–Trinajstić information content (AvgIpc) is 3.69. The van der Waals surface area contributed by atoms with Gasteiger partial charge >= 0.3 is 0 Å². The Morgan fingerprint density at radius 2 is 1.15 bits per heavy atom. The molecule has 7 rings (SSSR count). The van der Waals surface area contributed by atoms with Crippen LogP contribution in [0.4, 0.5) is 0 Å². The fourth-order valence-electron chi connectivity index (χ4n) is 5.83. The van der Waals surface area contributed by atoms with Gasteiger partial charge in [0.25, 0.3) is 0 Å². The van der Waals surface area contributed by atoms with Crippen LogP contribution in [0, 0.1) is 0 Å². The van der Waals surface area contributed by atoms with Gasteiger partial charge < -0.3 is 0 Å². The van der Waals surface area contributed by atoms with Gasteiger partial charge in [-0.05, 0) is 61.9 Å². The van der Waals surface area contributed by atoms with Crippen molar-refractivity contribution in [3.05, 3.63) is 167 Å². The van der Waals surface area contributed by atoms with Crippen LogP contribution in [-0.2, 0) is 12.0 Å². The zero-order chi connectivity index (χ0) is 26.1. The van der Waals surface area contributed by atoms with Crippen molar-refractivity contribution in [1.82, 2.24) is 20.2 Å². The maximum Gasteiger partial charge on any atom is 0.184 e. The molecule has 6 aromatic rings. The van der Waals surface area contributed by atoms with Crippen LogP contribution in [0.3, 0.4) is 0 Å². The van der Waals surface area contributed by atoms with Crippen LogP contribution in [0.1, 0.15) is 27.8 Å². The number of fused-ring (bicyclic) bond motifs is 1. The molecule has 0 bridgehead atoms. The summed E-state index contributed by atoms with van der Waals surface area (Å²) in [5.41, 5.74) is 8.30. The first-order valence-electron chi connectivity index (χ1n) is 13.2. The number of nitrogens with zero attached hydrogens (tertiary/aromatic N) is 4. The van der Waals surface area contributed by atoms with Crippen LogP contribution >= 0.6 is 0 Å². The van der Waals surface area contributed by atoms with E-state index in [2.05, 4.69) is 138 Å². The summed E-state index contributed by atoms with van der Waals surface area (Å²) < 4.78 is 2.00. The zero-order valence-electron chi connectivity index (χ0n) is 21.4. The molecule has 0 unspecified atom stereocenters. The molecule has 39 heavy (non-hydrogen) atoms. The molecule has 0 radical (unpaired) electrons. The zero-order valence-corrected chi connectivity index (χ0v) is 21.4. The second-order valence-corrected chi connectivity index (χ2v) is 9.79. The molecule has 186 valence electrons. The quantitative estimate of drug-likeness (QED) is 0.223. The minimum Gasteiger partial charge on any atom is -0.205 e. The first kappa shape index (κ1) is 23.1. The molecular formula is C35H26N4. The van der Waals surface area contributed by atoms with E-state index in [1.165, 1.54) is 11.1 Å². The SMILES string of the molecule is C1=Cc2cc(-c3ccccc3-c3nnnn3C(c3ccccc3)(c3ccccc3)c3ccccc3)ccc2C1. The fraction of sp³-hybridized carbons (Fsp3) is 0.0571. The van der Waals surface area contributed by atoms with Crippen LogP contribution in [0.2, 0.25) is 0 Å². The van der Waals surface area contributed by atoms with Crippen LogP contribution in [0.5, 0.6) is 0 Å². The molecule has 0 aliphatic heterocycles. The Morgan fingerprint density at radius 3 is 1.77 bits per heavy atom. The number of tetrazole rings is 1. The molecule has 0 N–H and O–H groups in total. The molecule has 4 heteroatoms. The van der Waals surface area contributed by atoms with Crippen LogP contribution < -0.4 is 0 Å². The van der Waals surface area contributed by atoms with Gasteiger partial charge in [0.05, 0.1) is 0 Å². The van der Waals surface area contributed by atoms with Crippen molar-refractivity contribution in [3.63, 3.8) is 0 Å². The molecule has 0 saturated carbocycles. The van der Waals surface area contributed by atoms with Gasteiger partial charge in [0, 0.05) is 5.56 Å². The minimum absolute atomic E-state index is 0.707. The van der Waals surface area contributed by atoms with E-state index in [4.69, 9.17) is 5.21 Å². The lowest BCUT2D eigenvalue weighted by Gasteiger charge is -2.36. The second kappa shape index (κ2) is 9.66. The smallest absolute Gasteiger partial charge is 0.184 e. The van der Waals surface area contributed by atoms with Gasteiger partial charge in [-0.25, -0.2) is 4.68 Å². The Bertz CT molecular complexity index is 1670. The fourth-order valence-corrected chi connectivity index (χ4v) is 5.83. The van der Waals surface area contributed by atoms with Gasteiger partial charge in [0.15, 0.2) is 5.82 Å². The van der Waals surface area contributed by atoms with E-state index in [0.29, 0.717) is 5.82 Å². The molecule has 4 nitrogen and oxygen atoms in total. The van der Waals surface area contributed by atoms with E-state index in [-0.39, 0.29) is 0 Å². The average molecular weight is 503 g/mol. The van der Waals surface area contributed by atoms with Crippen molar-refractivity contribution in [3.8, 4) is 22.5 Å². The van der Waals surface area contributed by atoms with Crippen LogP contribution in [-0.4, -0.2) is 20.2 Å². The highest BCUT2D eigenvalue weighted by atomic mass is 15.6. The van der Waals surface area contributed by atoms with Crippen molar-refractivity contribution in [1.29, 1.82) is 0 Å². The highest BCUT2D eigenvalue weighted by Crippen LogP contribution is 2.43. The molecule has 1 aromatic heterocycles. The molecule has 0 atom stereocenters. The first-order chi connectivity index (χ1) is 19.4. The van der Waals surface area contributed by atoms with Gasteiger partial charge in [-0.15, -0.1) is 5.10 Å². The van der Waals surface area contributed by atoms with Gasteiger partial charge in [0.1, 0.15) is 5.54 Å². The van der Waals surface area contributed by atoms with E-state index < -0.39 is 5.54 Å². The van der Waals surface area contributed by atoms with E-state index in [9.17, 15) is 0 Å². The van der Waals surface area contributed by atoms with E-state index in [1.54, 1.807) is 0 Å².